The Hall–Kier alpha value is -1.36. The van der Waals surface area contributed by atoms with Crippen molar-refractivity contribution in [2.24, 2.45) is 0 Å². The van der Waals surface area contributed by atoms with Crippen molar-refractivity contribution >= 4 is 0 Å². The largest absolute Gasteiger partial charge is 0.285 e. The predicted octanol–water partition coefficient (Wildman–Crippen LogP) is 1.13. The summed E-state index contributed by atoms with van der Waals surface area (Å²) in [5.74, 6) is 5.63. The lowest BCUT2D eigenvalue weighted by molar-refractivity contribution is 0.828. The maximum Gasteiger partial charge on any atom is 0.241 e. The Labute approximate surface area is 77.3 Å². The molecule has 68 valence electrons. The standard InChI is InChI=1S/C11H12O2/c1-3-4-5-6-7-9-8(2)10(12)11(9)13/h3-5H2,1-2H3. The van der Waals surface area contributed by atoms with Crippen LogP contribution in [-0.4, -0.2) is 0 Å². The minimum absolute atomic E-state index is 0.375. The van der Waals surface area contributed by atoms with Crippen molar-refractivity contribution in [2.45, 2.75) is 33.1 Å². The Morgan fingerprint density at radius 1 is 1.23 bits per heavy atom. The molecule has 2 nitrogen and oxygen atoms in total. The van der Waals surface area contributed by atoms with E-state index in [1.807, 2.05) is 0 Å². The van der Waals surface area contributed by atoms with E-state index in [2.05, 4.69) is 18.8 Å². The highest BCUT2D eigenvalue weighted by Crippen LogP contribution is 1.96. The summed E-state index contributed by atoms with van der Waals surface area (Å²) >= 11 is 0. The Balaban J connectivity index is 2.69. The van der Waals surface area contributed by atoms with E-state index in [1.54, 1.807) is 6.92 Å². The molecule has 1 aromatic carbocycles. The van der Waals surface area contributed by atoms with Crippen molar-refractivity contribution in [3.63, 3.8) is 0 Å². The minimum Gasteiger partial charge on any atom is -0.285 e. The van der Waals surface area contributed by atoms with Gasteiger partial charge in [0.1, 0.15) is 0 Å². The summed E-state index contributed by atoms with van der Waals surface area (Å²) in [7, 11) is 0. The van der Waals surface area contributed by atoms with Gasteiger partial charge in [-0.2, -0.15) is 0 Å². The molecule has 0 radical (unpaired) electrons. The van der Waals surface area contributed by atoms with Gasteiger partial charge in [-0.05, 0) is 13.3 Å². The van der Waals surface area contributed by atoms with Gasteiger partial charge in [-0.1, -0.05) is 25.2 Å². The third-order valence-electron chi connectivity index (χ3n) is 2.02. The van der Waals surface area contributed by atoms with Crippen LogP contribution in [0.15, 0.2) is 9.59 Å². The van der Waals surface area contributed by atoms with Crippen molar-refractivity contribution in [1.82, 2.24) is 0 Å². The molecule has 2 heteroatoms. The van der Waals surface area contributed by atoms with Crippen LogP contribution in [0.3, 0.4) is 0 Å². The van der Waals surface area contributed by atoms with Gasteiger partial charge in [-0.25, -0.2) is 0 Å². The smallest absolute Gasteiger partial charge is 0.241 e. The topological polar surface area (TPSA) is 34.1 Å². The lowest BCUT2D eigenvalue weighted by Gasteiger charge is -1.96. The van der Waals surface area contributed by atoms with E-state index in [0.29, 0.717) is 11.1 Å². The molecular weight excluding hydrogens is 164 g/mol. The fourth-order valence-electron chi connectivity index (χ4n) is 1.07. The molecule has 0 amide bonds. The van der Waals surface area contributed by atoms with Gasteiger partial charge in [-0.15, -0.1) is 0 Å². The molecule has 0 saturated heterocycles. The normalized spacial score (nSPS) is 9.69. The summed E-state index contributed by atoms with van der Waals surface area (Å²) in [5.41, 5.74) is 0.149. The van der Waals surface area contributed by atoms with Crippen LogP contribution in [0.5, 0.6) is 0 Å². The molecule has 0 heterocycles. The van der Waals surface area contributed by atoms with Gasteiger partial charge >= 0.3 is 0 Å². The molecule has 1 rings (SSSR count). The summed E-state index contributed by atoms with van der Waals surface area (Å²) < 4.78 is 0. The first kappa shape index (κ1) is 9.73. The Bertz CT molecular complexity index is 423. The molecule has 0 fully saturated rings. The van der Waals surface area contributed by atoms with Crippen LogP contribution in [0.4, 0.5) is 0 Å². The van der Waals surface area contributed by atoms with Crippen molar-refractivity contribution < 1.29 is 0 Å². The van der Waals surface area contributed by atoms with Crippen LogP contribution >= 0.6 is 0 Å². The number of rotatable bonds is 2. The number of unbranched alkanes of at least 4 members (excludes halogenated alkanes) is 2. The monoisotopic (exact) mass is 176 g/mol. The van der Waals surface area contributed by atoms with Crippen LogP contribution in [0.25, 0.3) is 0 Å². The maximum atomic E-state index is 10.9. The van der Waals surface area contributed by atoms with E-state index in [-0.39, 0.29) is 5.43 Å². The average Bonchev–Trinajstić information content (AvgIpc) is 2.16. The highest BCUT2D eigenvalue weighted by Gasteiger charge is 2.13. The Morgan fingerprint density at radius 3 is 2.46 bits per heavy atom. The molecule has 0 aliphatic carbocycles. The van der Waals surface area contributed by atoms with E-state index in [0.717, 1.165) is 19.3 Å². The second-order valence-corrected chi connectivity index (χ2v) is 3.06. The second-order valence-electron chi connectivity index (χ2n) is 3.06. The van der Waals surface area contributed by atoms with Gasteiger partial charge in [0, 0.05) is 12.0 Å². The summed E-state index contributed by atoms with van der Waals surface area (Å²) in [5, 5.41) is 0. The van der Waals surface area contributed by atoms with E-state index in [4.69, 9.17) is 0 Å². The zero-order chi connectivity index (χ0) is 9.84. The SMILES string of the molecule is CCCCC#Cc1c(C)c(=O)c1=O. The second kappa shape index (κ2) is 4.04. The summed E-state index contributed by atoms with van der Waals surface area (Å²) in [6.07, 6.45) is 2.94. The van der Waals surface area contributed by atoms with Crippen molar-refractivity contribution in [3.05, 3.63) is 31.6 Å². The van der Waals surface area contributed by atoms with E-state index in [1.165, 1.54) is 0 Å². The first-order valence-electron chi connectivity index (χ1n) is 4.47. The zero-order valence-corrected chi connectivity index (χ0v) is 7.94. The Kier molecular flexibility index (Phi) is 3.02. The van der Waals surface area contributed by atoms with Gasteiger partial charge in [0.2, 0.25) is 10.9 Å². The summed E-state index contributed by atoms with van der Waals surface area (Å²) in [4.78, 5) is 21.7. The third kappa shape index (κ3) is 1.86. The van der Waals surface area contributed by atoms with Crippen molar-refractivity contribution in [3.8, 4) is 11.8 Å². The summed E-state index contributed by atoms with van der Waals surface area (Å²) in [6.45, 7) is 3.73. The molecule has 13 heavy (non-hydrogen) atoms. The summed E-state index contributed by atoms with van der Waals surface area (Å²) in [6, 6.07) is 0. The first-order valence-corrected chi connectivity index (χ1v) is 4.47. The average molecular weight is 176 g/mol. The molecular formula is C11H12O2. The lowest BCUT2D eigenvalue weighted by Crippen LogP contribution is -2.36. The van der Waals surface area contributed by atoms with E-state index < -0.39 is 5.43 Å². The van der Waals surface area contributed by atoms with E-state index >= 15 is 0 Å². The van der Waals surface area contributed by atoms with Gasteiger partial charge in [-0.3, -0.25) is 9.59 Å². The molecule has 0 saturated carbocycles. The van der Waals surface area contributed by atoms with Crippen LogP contribution in [-0.2, 0) is 0 Å². The quantitative estimate of drug-likeness (QED) is 0.384. The Morgan fingerprint density at radius 2 is 1.92 bits per heavy atom. The molecule has 0 unspecified atom stereocenters. The van der Waals surface area contributed by atoms with Gasteiger partial charge in [0.25, 0.3) is 0 Å². The third-order valence-corrected chi connectivity index (χ3v) is 2.02. The van der Waals surface area contributed by atoms with Crippen LogP contribution in [0, 0.1) is 18.8 Å². The fraction of sp³-hybridized carbons (Fsp3) is 0.455. The zero-order valence-electron chi connectivity index (χ0n) is 7.94. The highest BCUT2D eigenvalue weighted by atomic mass is 16.2. The number of hydrogen-bond donors (Lipinski definition) is 0. The molecule has 0 atom stereocenters. The van der Waals surface area contributed by atoms with Crippen molar-refractivity contribution in [1.29, 1.82) is 0 Å². The van der Waals surface area contributed by atoms with Gasteiger partial charge in [0.05, 0.1) is 5.56 Å². The molecule has 1 aromatic rings. The molecule has 0 spiro atoms. The molecule has 0 aliphatic heterocycles. The highest BCUT2D eigenvalue weighted by molar-refractivity contribution is 5.44. The number of hydrogen-bond acceptors (Lipinski definition) is 2. The molecule has 0 aliphatic rings. The van der Waals surface area contributed by atoms with Crippen molar-refractivity contribution in [2.75, 3.05) is 0 Å². The van der Waals surface area contributed by atoms with Crippen LogP contribution in [0.2, 0.25) is 0 Å². The first-order chi connectivity index (χ1) is 6.18. The minimum atomic E-state index is -0.415. The molecule has 0 N–H and O–H groups in total. The molecule has 0 bridgehead atoms. The van der Waals surface area contributed by atoms with Crippen LogP contribution in [0.1, 0.15) is 37.3 Å². The fourth-order valence-corrected chi connectivity index (χ4v) is 1.07. The van der Waals surface area contributed by atoms with E-state index in [9.17, 15) is 9.59 Å². The lowest BCUT2D eigenvalue weighted by atomic mass is 10.0. The predicted molar refractivity (Wildman–Crippen MR) is 52.5 cm³/mol. The van der Waals surface area contributed by atoms with Gasteiger partial charge in [0.15, 0.2) is 0 Å². The molecule has 0 aromatic heterocycles. The maximum absolute atomic E-state index is 10.9. The van der Waals surface area contributed by atoms with Crippen LogP contribution < -0.4 is 10.9 Å². The van der Waals surface area contributed by atoms with Gasteiger partial charge < -0.3 is 0 Å².